The summed E-state index contributed by atoms with van der Waals surface area (Å²) in [6.07, 6.45) is 4.72. The van der Waals surface area contributed by atoms with E-state index >= 15 is 0 Å². The summed E-state index contributed by atoms with van der Waals surface area (Å²) in [6.45, 7) is 0.384. The van der Waals surface area contributed by atoms with Crippen LogP contribution in [0.25, 0.3) is 0 Å². The van der Waals surface area contributed by atoms with Gasteiger partial charge >= 0.3 is 0 Å². The predicted molar refractivity (Wildman–Crippen MR) is 84.4 cm³/mol. The minimum Gasteiger partial charge on any atom is -0.316 e. The number of hydrogen-bond donors (Lipinski definition) is 2. The molecule has 0 bridgehead atoms. The molecule has 1 aliphatic carbocycles. The minimum atomic E-state index is -3.69. The van der Waals surface area contributed by atoms with Gasteiger partial charge < -0.3 is 5.32 Å². The fourth-order valence-electron chi connectivity index (χ4n) is 2.66. The van der Waals surface area contributed by atoms with Crippen molar-refractivity contribution in [2.24, 2.45) is 0 Å². The molecule has 2 N–H and O–H groups in total. The van der Waals surface area contributed by atoms with Gasteiger partial charge in [0.15, 0.2) is 0 Å². The van der Waals surface area contributed by atoms with Crippen LogP contribution in [0.4, 0.5) is 4.39 Å². The molecule has 0 saturated heterocycles. The van der Waals surface area contributed by atoms with E-state index in [0.717, 1.165) is 25.3 Å². The molecule has 1 aromatic rings. The van der Waals surface area contributed by atoms with E-state index in [4.69, 9.17) is 0 Å². The molecular weight excluding hydrogens is 311 g/mol. The first-order valence-electron chi connectivity index (χ1n) is 6.94. The van der Waals surface area contributed by atoms with Gasteiger partial charge in [0.05, 0.1) is 4.90 Å². The van der Waals surface area contributed by atoms with E-state index in [1.54, 1.807) is 18.8 Å². The van der Waals surface area contributed by atoms with Crippen molar-refractivity contribution in [3.8, 4) is 0 Å². The molecule has 0 aliphatic heterocycles. The van der Waals surface area contributed by atoms with E-state index in [9.17, 15) is 12.8 Å². The summed E-state index contributed by atoms with van der Waals surface area (Å²) in [7, 11) is -1.96. The Morgan fingerprint density at radius 3 is 2.76 bits per heavy atom. The molecule has 21 heavy (non-hydrogen) atoms. The number of thioether (sulfide) groups is 1. The summed E-state index contributed by atoms with van der Waals surface area (Å²) in [4.78, 5) is 0.0319. The van der Waals surface area contributed by atoms with Crippen molar-refractivity contribution in [2.75, 3.05) is 13.3 Å². The number of halogens is 1. The lowest BCUT2D eigenvalue weighted by molar-refractivity contribution is 0.548. The third-order valence-corrected chi connectivity index (χ3v) is 6.42. The van der Waals surface area contributed by atoms with Crippen molar-refractivity contribution in [3.05, 3.63) is 29.6 Å². The Kier molecular flexibility index (Phi) is 5.65. The van der Waals surface area contributed by atoms with Gasteiger partial charge in [-0.05, 0) is 50.3 Å². The van der Waals surface area contributed by atoms with Crippen LogP contribution in [-0.4, -0.2) is 33.0 Å². The third-order valence-electron chi connectivity index (χ3n) is 3.73. The van der Waals surface area contributed by atoms with Crippen molar-refractivity contribution in [3.63, 3.8) is 0 Å². The Morgan fingerprint density at radius 1 is 1.38 bits per heavy atom. The lowest BCUT2D eigenvalue weighted by Gasteiger charge is -2.16. The van der Waals surface area contributed by atoms with Crippen LogP contribution in [0, 0.1) is 5.82 Å². The zero-order chi connectivity index (χ0) is 15.5. The second-order valence-corrected chi connectivity index (χ2v) is 8.09. The smallest absolute Gasteiger partial charge is 0.241 e. The van der Waals surface area contributed by atoms with Crippen LogP contribution in [0.15, 0.2) is 23.1 Å². The lowest BCUT2D eigenvalue weighted by atomic mass is 10.2. The van der Waals surface area contributed by atoms with Gasteiger partial charge in [0.25, 0.3) is 0 Å². The molecule has 7 heteroatoms. The molecule has 0 radical (unpaired) electrons. The molecule has 4 nitrogen and oxygen atoms in total. The molecule has 2 atom stereocenters. The first-order valence-corrected chi connectivity index (χ1v) is 9.71. The summed E-state index contributed by atoms with van der Waals surface area (Å²) >= 11 is 1.77. The van der Waals surface area contributed by atoms with Crippen molar-refractivity contribution in [1.82, 2.24) is 10.0 Å². The van der Waals surface area contributed by atoms with Crippen LogP contribution >= 0.6 is 11.8 Å². The maximum atomic E-state index is 13.4. The van der Waals surface area contributed by atoms with Gasteiger partial charge in [0.2, 0.25) is 10.0 Å². The maximum Gasteiger partial charge on any atom is 0.241 e. The van der Waals surface area contributed by atoms with Crippen LogP contribution in [0.1, 0.15) is 24.8 Å². The Morgan fingerprint density at radius 2 is 2.14 bits per heavy atom. The monoisotopic (exact) mass is 332 g/mol. The molecule has 118 valence electrons. The lowest BCUT2D eigenvalue weighted by Crippen LogP contribution is -2.34. The second kappa shape index (κ2) is 7.09. The van der Waals surface area contributed by atoms with Gasteiger partial charge in [-0.15, -0.1) is 0 Å². The molecule has 1 saturated carbocycles. The van der Waals surface area contributed by atoms with Gasteiger partial charge in [0.1, 0.15) is 5.82 Å². The highest BCUT2D eigenvalue weighted by Crippen LogP contribution is 2.29. The molecule has 0 aromatic heterocycles. The normalized spacial score (nSPS) is 22.6. The van der Waals surface area contributed by atoms with Crippen molar-refractivity contribution in [1.29, 1.82) is 0 Å². The van der Waals surface area contributed by atoms with E-state index in [2.05, 4.69) is 10.0 Å². The Labute approximate surface area is 129 Å². The highest BCUT2D eigenvalue weighted by molar-refractivity contribution is 7.99. The fraction of sp³-hybridized carbons (Fsp3) is 0.571. The Balaban J connectivity index is 2.21. The number of sulfonamides is 1. The Hall–Kier alpha value is -0.630. The van der Waals surface area contributed by atoms with Gasteiger partial charge in [-0.1, -0.05) is 6.07 Å². The first-order chi connectivity index (χ1) is 9.96. The van der Waals surface area contributed by atoms with Crippen molar-refractivity contribution in [2.45, 2.75) is 42.0 Å². The molecular formula is C14H21FN2O2S2. The summed E-state index contributed by atoms with van der Waals surface area (Å²) in [5, 5.41) is 3.41. The molecule has 0 spiro atoms. The summed E-state index contributed by atoms with van der Waals surface area (Å²) in [6, 6.07) is 3.83. The van der Waals surface area contributed by atoms with E-state index in [0.29, 0.717) is 17.4 Å². The number of benzene rings is 1. The quantitative estimate of drug-likeness (QED) is 0.838. The van der Waals surface area contributed by atoms with E-state index in [1.807, 2.05) is 6.26 Å². The summed E-state index contributed by atoms with van der Waals surface area (Å²) in [5.74, 6) is -0.538. The molecule has 0 amide bonds. The largest absolute Gasteiger partial charge is 0.316 e. The maximum absolute atomic E-state index is 13.4. The minimum absolute atomic E-state index is 0.0319. The molecule has 0 heterocycles. The van der Waals surface area contributed by atoms with Crippen LogP contribution in [0.3, 0.4) is 0 Å². The molecule has 1 aliphatic rings. The van der Waals surface area contributed by atoms with Crippen molar-refractivity contribution >= 4 is 21.8 Å². The first kappa shape index (κ1) is 16.7. The van der Waals surface area contributed by atoms with Crippen LogP contribution in [0.5, 0.6) is 0 Å². The average Bonchev–Trinajstić information content (AvgIpc) is 2.88. The fourth-order valence-corrected chi connectivity index (χ4v) is 4.99. The van der Waals surface area contributed by atoms with E-state index in [1.165, 1.54) is 12.1 Å². The van der Waals surface area contributed by atoms with Crippen molar-refractivity contribution < 1.29 is 12.8 Å². The predicted octanol–water partition coefficient (Wildman–Crippen LogP) is 2.11. The third kappa shape index (κ3) is 4.18. The van der Waals surface area contributed by atoms with Crippen LogP contribution < -0.4 is 10.0 Å². The van der Waals surface area contributed by atoms with Gasteiger partial charge in [0, 0.05) is 17.8 Å². The molecule has 2 rings (SSSR count). The summed E-state index contributed by atoms with van der Waals surface area (Å²) < 4.78 is 41.2. The van der Waals surface area contributed by atoms with Gasteiger partial charge in [-0.3, -0.25) is 0 Å². The number of nitrogens with one attached hydrogen (secondary N) is 2. The zero-order valence-electron chi connectivity index (χ0n) is 12.2. The average molecular weight is 332 g/mol. The molecule has 1 aromatic carbocycles. The Bertz CT molecular complexity index is 593. The van der Waals surface area contributed by atoms with Crippen LogP contribution in [-0.2, 0) is 16.6 Å². The number of hydrogen-bond acceptors (Lipinski definition) is 4. The van der Waals surface area contributed by atoms with E-state index in [-0.39, 0.29) is 10.9 Å². The standard InChI is InChI=1S/C14H21FN2O2S2/c1-16-9-10-3-4-11(15)7-14(10)21(18,19)17-12-5-6-13(8-12)20-2/h3-4,7,12-13,16-17H,5-6,8-9H2,1-2H3. The van der Waals surface area contributed by atoms with Gasteiger partial charge in [-0.2, -0.15) is 11.8 Å². The molecule has 1 fully saturated rings. The summed E-state index contributed by atoms with van der Waals surface area (Å²) in [5.41, 5.74) is 0.575. The second-order valence-electron chi connectivity index (χ2n) is 5.27. The zero-order valence-corrected chi connectivity index (χ0v) is 13.9. The highest BCUT2D eigenvalue weighted by atomic mass is 32.2. The van der Waals surface area contributed by atoms with Crippen LogP contribution in [0.2, 0.25) is 0 Å². The van der Waals surface area contributed by atoms with E-state index < -0.39 is 15.8 Å². The highest BCUT2D eigenvalue weighted by Gasteiger charge is 2.29. The number of rotatable bonds is 6. The SMILES string of the molecule is CNCc1ccc(F)cc1S(=O)(=O)NC1CCC(SC)C1. The topological polar surface area (TPSA) is 58.2 Å². The molecule has 2 unspecified atom stereocenters. The van der Waals surface area contributed by atoms with Gasteiger partial charge in [-0.25, -0.2) is 17.5 Å².